The molecule has 2 N–H and O–H groups in total. The molecular formula is C18H22N2O5S. The monoisotopic (exact) mass is 378 g/mol. The molecule has 0 fully saturated rings. The third kappa shape index (κ3) is 4.89. The van der Waals surface area contributed by atoms with Gasteiger partial charge in [0.2, 0.25) is 5.91 Å². The number of ether oxygens (including phenoxy) is 2. The number of aryl methyl sites for hydroxylation is 1. The summed E-state index contributed by atoms with van der Waals surface area (Å²) in [5.41, 5.74) is 1.81. The fraction of sp³-hybridized carbons (Fsp3) is 0.278. The number of amides is 1. The number of rotatable bonds is 7. The zero-order valence-electron chi connectivity index (χ0n) is 15.1. The Morgan fingerprint density at radius 3 is 2.27 bits per heavy atom. The highest BCUT2D eigenvalue weighted by Crippen LogP contribution is 2.33. The van der Waals surface area contributed by atoms with Gasteiger partial charge in [0.05, 0.1) is 26.5 Å². The van der Waals surface area contributed by atoms with Crippen molar-refractivity contribution in [3.8, 4) is 11.5 Å². The van der Waals surface area contributed by atoms with Crippen molar-refractivity contribution < 1.29 is 22.7 Å². The fourth-order valence-electron chi connectivity index (χ4n) is 2.41. The Bertz CT molecular complexity index is 893. The zero-order chi connectivity index (χ0) is 19.3. The molecule has 0 aromatic heterocycles. The molecule has 0 spiro atoms. The Labute approximate surface area is 153 Å². The molecule has 0 unspecified atom stereocenters. The average Bonchev–Trinajstić information content (AvgIpc) is 2.59. The van der Waals surface area contributed by atoms with Gasteiger partial charge in [0.1, 0.15) is 10.6 Å². The Hall–Kier alpha value is -2.74. The second-order valence-electron chi connectivity index (χ2n) is 5.75. The number of carbonyl (C=O) groups excluding carboxylic acids is 1. The third-order valence-electron chi connectivity index (χ3n) is 3.62. The molecule has 0 heterocycles. The van der Waals surface area contributed by atoms with Gasteiger partial charge in [-0.15, -0.1) is 0 Å². The summed E-state index contributed by atoms with van der Waals surface area (Å²) >= 11 is 0. The summed E-state index contributed by atoms with van der Waals surface area (Å²) in [5, 5.41) is 5.68. The number of hydrogen-bond donors (Lipinski definition) is 2. The summed E-state index contributed by atoms with van der Waals surface area (Å²) in [6.07, 6.45) is 1.12. The summed E-state index contributed by atoms with van der Waals surface area (Å²) in [4.78, 5) is 12.2. The predicted molar refractivity (Wildman–Crippen MR) is 101 cm³/mol. The van der Waals surface area contributed by atoms with E-state index in [9.17, 15) is 13.2 Å². The van der Waals surface area contributed by atoms with E-state index < -0.39 is 9.84 Å². The quantitative estimate of drug-likeness (QED) is 0.769. The first kappa shape index (κ1) is 19.6. The van der Waals surface area contributed by atoms with Gasteiger partial charge in [-0.2, -0.15) is 0 Å². The van der Waals surface area contributed by atoms with Crippen molar-refractivity contribution in [1.82, 2.24) is 0 Å². The second kappa shape index (κ2) is 8.09. The minimum Gasteiger partial charge on any atom is -0.497 e. The highest BCUT2D eigenvalue weighted by Gasteiger charge is 2.19. The summed E-state index contributed by atoms with van der Waals surface area (Å²) in [6.45, 7) is 1.73. The van der Waals surface area contributed by atoms with Gasteiger partial charge >= 0.3 is 0 Å². The standard InChI is InChI=1S/C18H22N2O5S/c1-12-9-15(18(25-3)16(10-12)26(4,22)23)19-11-17(21)20-13-5-7-14(24-2)8-6-13/h5-10,19H,11H2,1-4H3,(H,20,21). The highest BCUT2D eigenvalue weighted by molar-refractivity contribution is 7.90. The highest BCUT2D eigenvalue weighted by atomic mass is 32.2. The molecule has 0 aliphatic heterocycles. The van der Waals surface area contributed by atoms with Crippen molar-refractivity contribution in [2.45, 2.75) is 11.8 Å². The van der Waals surface area contributed by atoms with Crippen LogP contribution < -0.4 is 20.1 Å². The number of nitrogens with one attached hydrogen (secondary N) is 2. The van der Waals surface area contributed by atoms with Crippen molar-refractivity contribution in [2.75, 3.05) is 37.7 Å². The summed E-state index contributed by atoms with van der Waals surface area (Å²) in [7, 11) is -0.504. The molecule has 140 valence electrons. The van der Waals surface area contributed by atoms with Crippen LogP contribution in [0.4, 0.5) is 11.4 Å². The molecule has 26 heavy (non-hydrogen) atoms. The maximum atomic E-state index is 12.1. The molecule has 0 aliphatic rings. The molecule has 0 saturated heterocycles. The first-order chi connectivity index (χ1) is 12.2. The largest absolute Gasteiger partial charge is 0.497 e. The molecule has 2 aromatic rings. The van der Waals surface area contributed by atoms with Crippen molar-refractivity contribution in [2.24, 2.45) is 0 Å². The van der Waals surface area contributed by atoms with E-state index in [2.05, 4.69) is 10.6 Å². The molecule has 0 radical (unpaired) electrons. The van der Waals surface area contributed by atoms with Crippen LogP contribution in [0.25, 0.3) is 0 Å². The van der Waals surface area contributed by atoms with Crippen molar-refractivity contribution in [3.63, 3.8) is 0 Å². The number of sulfone groups is 1. The Morgan fingerprint density at radius 2 is 1.73 bits per heavy atom. The van der Waals surface area contributed by atoms with E-state index in [1.54, 1.807) is 44.4 Å². The van der Waals surface area contributed by atoms with Crippen LogP contribution in [0.3, 0.4) is 0 Å². The van der Waals surface area contributed by atoms with E-state index in [4.69, 9.17) is 9.47 Å². The zero-order valence-corrected chi connectivity index (χ0v) is 15.9. The van der Waals surface area contributed by atoms with E-state index in [1.165, 1.54) is 13.2 Å². The number of anilines is 2. The van der Waals surface area contributed by atoms with Crippen LogP contribution in [-0.2, 0) is 14.6 Å². The Morgan fingerprint density at radius 1 is 1.08 bits per heavy atom. The van der Waals surface area contributed by atoms with Gasteiger partial charge in [-0.25, -0.2) is 8.42 Å². The first-order valence-corrected chi connectivity index (χ1v) is 9.70. The summed E-state index contributed by atoms with van der Waals surface area (Å²) in [5.74, 6) is 0.605. The van der Waals surface area contributed by atoms with Gasteiger partial charge in [-0.1, -0.05) is 0 Å². The molecule has 0 saturated carbocycles. The molecule has 2 rings (SSSR count). The minimum atomic E-state index is -3.46. The lowest BCUT2D eigenvalue weighted by molar-refractivity contribution is -0.114. The predicted octanol–water partition coefficient (Wildman–Crippen LogP) is 2.47. The van der Waals surface area contributed by atoms with Gasteiger partial charge < -0.3 is 20.1 Å². The summed E-state index contributed by atoms with van der Waals surface area (Å²) < 4.78 is 34.2. The van der Waals surface area contributed by atoms with E-state index in [-0.39, 0.29) is 23.1 Å². The van der Waals surface area contributed by atoms with Gasteiger partial charge in [-0.3, -0.25) is 4.79 Å². The van der Waals surface area contributed by atoms with Gasteiger partial charge in [0, 0.05) is 11.9 Å². The van der Waals surface area contributed by atoms with Crippen LogP contribution in [0, 0.1) is 6.92 Å². The second-order valence-corrected chi connectivity index (χ2v) is 7.73. The first-order valence-electron chi connectivity index (χ1n) is 7.81. The van der Waals surface area contributed by atoms with Crippen molar-refractivity contribution in [3.05, 3.63) is 42.0 Å². The lowest BCUT2D eigenvalue weighted by Gasteiger charge is -2.15. The maximum Gasteiger partial charge on any atom is 0.243 e. The number of benzene rings is 2. The van der Waals surface area contributed by atoms with Crippen LogP contribution in [0.15, 0.2) is 41.3 Å². The summed E-state index contributed by atoms with van der Waals surface area (Å²) in [6, 6.07) is 10.2. The molecular weight excluding hydrogens is 356 g/mol. The smallest absolute Gasteiger partial charge is 0.243 e. The van der Waals surface area contributed by atoms with E-state index >= 15 is 0 Å². The normalized spacial score (nSPS) is 10.9. The number of carbonyl (C=O) groups is 1. The average molecular weight is 378 g/mol. The van der Waals surface area contributed by atoms with Crippen LogP contribution in [0.1, 0.15) is 5.56 Å². The fourth-order valence-corrected chi connectivity index (χ4v) is 3.34. The Balaban J connectivity index is 2.13. The lowest BCUT2D eigenvalue weighted by atomic mass is 10.2. The minimum absolute atomic E-state index is 0.0466. The molecule has 1 amide bonds. The SMILES string of the molecule is COc1ccc(NC(=O)CNc2cc(C)cc(S(C)(=O)=O)c2OC)cc1. The molecule has 2 aromatic carbocycles. The van der Waals surface area contributed by atoms with E-state index in [1.807, 2.05) is 0 Å². The Kier molecular flexibility index (Phi) is 6.10. The number of hydrogen-bond acceptors (Lipinski definition) is 6. The molecule has 0 atom stereocenters. The van der Waals surface area contributed by atoms with Crippen LogP contribution in [0.2, 0.25) is 0 Å². The number of methoxy groups -OCH3 is 2. The molecule has 7 nitrogen and oxygen atoms in total. The topological polar surface area (TPSA) is 93.7 Å². The maximum absolute atomic E-state index is 12.1. The van der Waals surface area contributed by atoms with Crippen LogP contribution in [-0.4, -0.2) is 41.3 Å². The lowest BCUT2D eigenvalue weighted by Crippen LogP contribution is -2.22. The van der Waals surface area contributed by atoms with Gasteiger partial charge in [0.25, 0.3) is 0 Å². The van der Waals surface area contributed by atoms with Gasteiger partial charge in [0.15, 0.2) is 15.6 Å². The van der Waals surface area contributed by atoms with Gasteiger partial charge in [-0.05, 0) is 48.9 Å². The van der Waals surface area contributed by atoms with E-state index in [0.717, 1.165) is 11.8 Å². The van der Waals surface area contributed by atoms with Crippen molar-refractivity contribution >= 4 is 27.1 Å². The van der Waals surface area contributed by atoms with E-state index in [0.29, 0.717) is 17.1 Å². The molecule has 8 heteroatoms. The van der Waals surface area contributed by atoms with Crippen LogP contribution >= 0.6 is 0 Å². The molecule has 0 aliphatic carbocycles. The molecule has 0 bridgehead atoms. The van der Waals surface area contributed by atoms with Crippen molar-refractivity contribution in [1.29, 1.82) is 0 Å². The third-order valence-corrected chi connectivity index (χ3v) is 4.72. The van der Waals surface area contributed by atoms with Crippen LogP contribution in [0.5, 0.6) is 11.5 Å².